The number of terminal acetylenes is 1. The SMILES string of the molecule is C#CCOc1ccc(C(=O)NN)cc1. The summed E-state index contributed by atoms with van der Waals surface area (Å²) in [5.41, 5.74) is 2.50. The summed E-state index contributed by atoms with van der Waals surface area (Å²) in [7, 11) is 0. The molecule has 1 amide bonds. The summed E-state index contributed by atoms with van der Waals surface area (Å²) in [5.74, 6) is 7.59. The molecule has 0 atom stereocenters. The van der Waals surface area contributed by atoms with Gasteiger partial charge in [-0.2, -0.15) is 0 Å². The van der Waals surface area contributed by atoms with Crippen LogP contribution in [0.4, 0.5) is 0 Å². The van der Waals surface area contributed by atoms with Crippen LogP contribution in [0.1, 0.15) is 10.4 Å². The number of hydrogen-bond acceptors (Lipinski definition) is 3. The molecule has 0 aliphatic rings. The van der Waals surface area contributed by atoms with E-state index < -0.39 is 0 Å². The average molecular weight is 190 g/mol. The molecule has 0 unspecified atom stereocenters. The molecule has 1 aromatic rings. The molecule has 4 nitrogen and oxygen atoms in total. The topological polar surface area (TPSA) is 64.3 Å². The highest BCUT2D eigenvalue weighted by molar-refractivity contribution is 5.93. The second-order valence-corrected chi connectivity index (χ2v) is 2.49. The zero-order chi connectivity index (χ0) is 10.4. The van der Waals surface area contributed by atoms with E-state index in [2.05, 4.69) is 5.92 Å². The van der Waals surface area contributed by atoms with Crippen molar-refractivity contribution in [1.29, 1.82) is 0 Å². The quantitative estimate of drug-likeness (QED) is 0.312. The lowest BCUT2D eigenvalue weighted by Crippen LogP contribution is -2.29. The van der Waals surface area contributed by atoms with Crippen molar-refractivity contribution in [2.75, 3.05) is 6.61 Å². The highest BCUT2D eigenvalue weighted by Gasteiger charge is 2.02. The Morgan fingerprint density at radius 3 is 2.64 bits per heavy atom. The van der Waals surface area contributed by atoms with Gasteiger partial charge in [-0.05, 0) is 24.3 Å². The minimum atomic E-state index is -0.339. The molecular weight excluding hydrogens is 180 g/mol. The number of ether oxygens (including phenoxy) is 1. The first-order valence-electron chi connectivity index (χ1n) is 3.95. The number of benzene rings is 1. The van der Waals surface area contributed by atoms with E-state index in [1.165, 1.54) is 0 Å². The van der Waals surface area contributed by atoms with Crippen LogP contribution in [0.15, 0.2) is 24.3 Å². The standard InChI is InChI=1S/C10H10N2O2/c1-2-7-14-9-5-3-8(4-6-9)10(13)12-11/h1,3-6H,7,11H2,(H,12,13). The van der Waals surface area contributed by atoms with E-state index in [4.69, 9.17) is 17.0 Å². The number of hydrogen-bond donors (Lipinski definition) is 2. The molecule has 0 fully saturated rings. The summed E-state index contributed by atoms with van der Waals surface area (Å²) in [4.78, 5) is 11.0. The number of hydrazine groups is 1. The van der Waals surface area contributed by atoms with Crippen LogP contribution in [-0.2, 0) is 0 Å². The lowest BCUT2D eigenvalue weighted by Gasteiger charge is -2.03. The lowest BCUT2D eigenvalue weighted by atomic mass is 10.2. The largest absolute Gasteiger partial charge is 0.481 e. The van der Waals surface area contributed by atoms with E-state index in [0.717, 1.165) is 0 Å². The summed E-state index contributed by atoms with van der Waals surface area (Å²) < 4.78 is 5.12. The molecule has 0 heterocycles. The normalized spacial score (nSPS) is 8.86. The Labute approximate surface area is 82.0 Å². The van der Waals surface area contributed by atoms with Gasteiger partial charge in [0, 0.05) is 5.56 Å². The van der Waals surface area contributed by atoms with Crippen LogP contribution >= 0.6 is 0 Å². The molecule has 0 saturated heterocycles. The molecule has 0 aromatic heterocycles. The van der Waals surface area contributed by atoms with E-state index in [1.54, 1.807) is 24.3 Å². The van der Waals surface area contributed by atoms with E-state index >= 15 is 0 Å². The van der Waals surface area contributed by atoms with Gasteiger partial charge in [0.15, 0.2) is 0 Å². The molecule has 72 valence electrons. The Morgan fingerprint density at radius 2 is 2.14 bits per heavy atom. The van der Waals surface area contributed by atoms with Crippen LogP contribution < -0.4 is 16.0 Å². The van der Waals surface area contributed by atoms with Crippen LogP contribution in [0, 0.1) is 12.3 Å². The van der Waals surface area contributed by atoms with Crippen LogP contribution in [0.2, 0.25) is 0 Å². The molecule has 0 radical (unpaired) electrons. The predicted molar refractivity (Wildman–Crippen MR) is 52.4 cm³/mol. The van der Waals surface area contributed by atoms with Crippen LogP contribution in [0.3, 0.4) is 0 Å². The Hall–Kier alpha value is -1.99. The Bertz CT molecular complexity index is 351. The first kappa shape index (κ1) is 10.1. The minimum Gasteiger partial charge on any atom is -0.481 e. The van der Waals surface area contributed by atoms with Crippen molar-refractivity contribution in [3.8, 4) is 18.1 Å². The number of rotatable bonds is 3. The third-order valence-corrected chi connectivity index (χ3v) is 1.57. The zero-order valence-corrected chi connectivity index (χ0v) is 7.49. The second-order valence-electron chi connectivity index (χ2n) is 2.49. The van der Waals surface area contributed by atoms with Gasteiger partial charge in [-0.25, -0.2) is 5.84 Å². The van der Waals surface area contributed by atoms with Crippen LogP contribution in [0.25, 0.3) is 0 Å². The van der Waals surface area contributed by atoms with Gasteiger partial charge in [0.1, 0.15) is 12.4 Å². The molecule has 0 spiro atoms. The third kappa shape index (κ3) is 2.51. The Balaban J connectivity index is 2.69. The molecule has 0 saturated carbocycles. The van der Waals surface area contributed by atoms with Gasteiger partial charge in [-0.15, -0.1) is 6.42 Å². The van der Waals surface area contributed by atoms with Crippen molar-refractivity contribution in [2.45, 2.75) is 0 Å². The van der Waals surface area contributed by atoms with E-state index in [0.29, 0.717) is 11.3 Å². The second kappa shape index (κ2) is 4.90. The highest BCUT2D eigenvalue weighted by atomic mass is 16.5. The molecule has 0 aliphatic carbocycles. The highest BCUT2D eigenvalue weighted by Crippen LogP contribution is 2.11. The summed E-state index contributed by atoms with van der Waals surface area (Å²) in [6.45, 7) is 0.211. The summed E-state index contributed by atoms with van der Waals surface area (Å²) >= 11 is 0. The van der Waals surface area contributed by atoms with Gasteiger partial charge >= 0.3 is 0 Å². The van der Waals surface area contributed by atoms with Crippen LogP contribution in [0.5, 0.6) is 5.75 Å². The van der Waals surface area contributed by atoms with E-state index in [1.807, 2.05) is 5.43 Å². The van der Waals surface area contributed by atoms with Crippen LogP contribution in [-0.4, -0.2) is 12.5 Å². The average Bonchev–Trinajstić information content (AvgIpc) is 2.26. The molecule has 3 N–H and O–H groups in total. The van der Waals surface area contributed by atoms with Gasteiger partial charge < -0.3 is 4.74 Å². The van der Waals surface area contributed by atoms with Crippen molar-refractivity contribution in [1.82, 2.24) is 5.43 Å². The fourth-order valence-corrected chi connectivity index (χ4v) is 0.911. The first-order valence-corrected chi connectivity index (χ1v) is 3.95. The maximum atomic E-state index is 11.0. The molecule has 0 bridgehead atoms. The molecule has 0 aliphatic heterocycles. The van der Waals surface area contributed by atoms with Crippen molar-refractivity contribution in [3.63, 3.8) is 0 Å². The fraction of sp³-hybridized carbons (Fsp3) is 0.100. The van der Waals surface area contributed by atoms with E-state index in [9.17, 15) is 4.79 Å². The monoisotopic (exact) mass is 190 g/mol. The molecule has 1 rings (SSSR count). The number of carbonyl (C=O) groups excluding carboxylic acids is 1. The van der Waals surface area contributed by atoms with Crippen molar-refractivity contribution < 1.29 is 9.53 Å². The molecule has 1 aromatic carbocycles. The first-order chi connectivity index (χ1) is 6.77. The summed E-state index contributed by atoms with van der Waals surface area (Å²) in [6.07, 6.45) is 5.02. The molecule has 4 heteroatoms. The van der Waals surface area contributed by atoms with Crippen molar-refractivity contribution in [2.24, 2.45) is 5.84 Å². The maximum Gasteiger partial charge on any atom is 0.265 e. The minimum absolute atomic E-state index is 0.211. The van der Waals surface area contributed by atoms with Crippen molar-refractivity contribution in [3.05, 3.63) is 29.8 Å². The lowest BCUT2D eigenvalue weighted by molar-refractivity contribution is 0.0953. The van der Waals surface area contributed by atoms with Gasteiger partial charge in [0.25, 0.3) is 5.91 Å². The molecule has 14 heavy (non-hydrogen) atoms. The van der Waals surface area contributed by atoms with Gasteiger partial charge in [-0.3, -0.25) is 10.2 Å². The third-order valence-electron chi connectivity index (χ3n) is 1.57. The smallest absolute Gasteiger partial charge is 0.265 e. The number of amides is 1. The Morgan fingerprint density at radius 1 is 1.50 bits per heavy atom. The van der Waals surface area contributed by atoms with E-state index in [-0.39, 0.29) is 12.5 Å². The van der Waals surface area contributed by atoms with Crippen molar-refractivity contribution >= 4 is 5.91 Å². The van der Waals surface area contributed by atoms with Gasteiger partial charge in [0.05, 0.1) is 0 Å². The number of nitrogens with one attached hydrogen (secondary N) is 1. The Kier molecular flexibility index (Phi) is 3.53. The summed E-state index contributed by atoms with van der Waals surface area (Å²) in [6, 6.07) is 6.52. The molecular formula is C10H10N2O2. The maximum absolute atomic E-state index is 11.0. The number of carbonyl (C=O) groups is 1. The van der Waals surface area contributed by atoms with Gasteiger partial charge in [0.2, 0.25) is 0 Å². The number of nitrogen functional groups attached to an aromatic ring is 1. The fourth-order valence-electron chi connectivity index (χ4n) is 0.911. The number of nitrogens with two attached hydrogens (primary N) is 1. The predicted octanol–water partition coefficient (Wildman–Crippen LogP) is 0.302. The zero-order valence-electron chi connectivity index (χ0n) is 7.49. The summed E-state index contributed by atoms with van der Waals surface area (Å²) in [5, 5.41) is 0. The van der Waals surface area contributed by atoms with Gasteiger partial charge in [-0.1, -0.05) is 5.92 Å².